The van der Waals surface area contributed by atoms with Crippen molar-refractivity contribution in [3.63, 3.8) is 0 Å². The highest BCUT2D eigenvalue weighted by atomic mass is 16.5. The molecule has 0 aromatic rings. The third-order valence-electron chi connectivity index (χ3n) is 2.50. The Hall–Kier alpha value is -0.500. The molecule has 0 aromatic carbocycles. The van der Waals surface area contributed by atoms with Crippen molar-refractivity contribution in [2.45, 2.75) is 33.1 Å². The van der Waals surface area contributed by atoms with E-state index in [0.29, 0.717) is 5.41 Å². The molecular formula is C11H20O2. The van der Waals surface area contributed by atoms with E-state index >= 15 is 0 Å². The maximum atomic E-state index is 5.47. The molecule has 1 heterocycles. The molecule has 0 saturated carbocycles. The Labute approximate surface area is 80.9 Å². The maximum absolute atomic E-state index is 5.47. The first-order chi connectivity index (χ1) is 6.18. The average molecular weight is 184 g/mol. The van der Waals surface area contributed by atoms with E-state index in [-0.39, 0.29) is 0 Å². The summed E-state index contributed by atoms with van der Waals surface area (Å²) in [5, 5.41) is 0. The van der Waals surface area contributed by atoms with Gasteiger partial charge in [0.25, 0.3) is 0 Å². The van der Waals surface area contributed by atoms with Crippen molar-refractivity contribution in [3.05, 3.63) is 12.3 Å². The van der Waals surface area contributed by atoms with E-state index in [4.69, 9.17) is 9.47 Å². The van der Waals surface area contributed by atoms with Gasteiger partial charge in [-0.3, -0.25) is 0 Å². The third-order valence-corrected chi connectivity index (χ3v) is 2.50. The number of allylic oxidation sites excluding steroid dienone is 1. The van der Waals surface area contributed by atoms with Gasteiger partial charge in [0.15, 0.2) is 0 Å². The van der Waals surface area contributed by atoms with Crippen LogP contribution in [0.4, 0.5) is 0 Å². The Morgan fingerprint density at radius 2 is 2.23 bits per heavy atom. The molecule has 2 nitrogen and oxygen atoms in total. The normalized spacial score (nSPS) is 19.2. The molecule has 1 aliphatic heterocycles. The Morgan fingerprint density at radius 1 is 1.54 bits per heavy atom. The van der Waals surface area contributed by atoms with E-state index in [0.717, 1.165) is 25.6 Å². The van der Waals surface area contributed by atoms with Crippen LogP contribution in [0.25, 0.3) is 0 Å². The van der Waals surface area contributed by atoms with Gasteiger partial charge in [-0.15, -0.1) is 0 Å². The number of rotatable bonds is 6. The second kappa shape index (κ2) is 4.66. The molecule has 76 valence electrons. The number of ether oxygens (including phenoxy) is 2. The molecule has 0 unspecified atom stereocenters. The molecule has 0 aromatic heterocycles. The Kier molecular flexibility index (Phi) is 3.79. The van der Waals surface area contributed by atoms with E-state index in [9.17, 15) is 0 Å². The predicted octanol–water partition coefficient (Wildman–Crippen LogP) is 2.74. The van der Waals surface area contributed by atoms with Crippen LogP contribution in [0.2, 0.25) is 0 Å². The largest absolute Gasteiger partial charge is 0.498 e. The summed E-state index contributed by atoms with van der Waals surface area (Å²) in [6.07, 6.45) is 3.73. The monoisotopic (exact) mass is 184 g/mol. The van der Waals surface area contributed by atoms with Gasteiger partial charge in [-0.25, -0.2) is 0 Å². The lowest BCUT2D eigenvalue weighted by molar-refractivity contribution is -0.145. The first-order valence-corrected chi connectivity index (χ1v) is 5.05. The maximum Gasteiger partial charge on any atom is 0.0977 e. The summed E-state index contributed by atoms with van der Waals surface area (Å²) in [6, 6.07) is 0. The molecule has 0 amide bonds. The zero-order chi connectivity index (χ0) is 9.73. The highest BCUT2D eigenvalue weighted by Crippen LogP contribution is 2.34. The Bertz CT molecular complexity index is 171. The summed E-state index contributed by atoms with van der Waals surface area (Å²) in [4.78, 5) is 0. The second-order valence-electron chi connectivity index (χ2n) is 4.09. The van der Waals surface area contributed by atoms with Gasteiger partial charge in [0.2, 0.25) is 0 Å². The molecule has 0 bridgehead atoms. The molecule has 0 spiro atoms. The lowest BCUT2D eigenvalue weighted by atomic mass is 9.82. The van der Waals surface area contributed by atoms with Crippen molar-refractivity contribution < 1.29 is 9.47 Å². The van der Waals surface area contributed by atoms with Crippen LogP contribution in [0, 0.1) is 5.41 Å². The van der Waals surface area contributed by atoms with E-state index in [1.807, 2.05) is 6.92 Å². The number of hydrogen-bond acceptors (Lipinski definition) is 2. The molecule has 1 fully saturated rings. The topological polar surface area (TPSA) is 18.5 Å². The van der Waals surface area contributed by atoms with Crippen molar-refractivity contribution >= 4 is 0 Å². The summed E-state index contributed by atoms with van der Waals surface area (Å²) in [7, 11) is 0. The molecule has 0 N–H and O–H groups in total. The minimum Gasteiger partial charge on any atom is -0.498 e. The number of unbranched alkanes of at least 4 members (excludes halogenated alkanes) is 1. The summed E-state index contributed by atoms with van der Waals surface area (Å²) in [5.41, 5.74) is 0.301. The molecule has 0 atom stereocenters. The highest BCUT2D eigenvalue weighted by molar-refractivity contribution is 4.87. The van der Waals surface area contributed by atoms with Crippen molar-refractivity contribution in [1.82, 2.24) is 0 Å². The van der Waals surface area contributed by atoms with Crippen LogP contribution >= 0.6 is 0 Å². The fourth-order valence-corrected chi connectivity index (χ4v) is 1.52. The Balaban J connectivity index is 2.27. The minimum absolute atomic E-state index is 0.301. The molecule has 13 heavy (non-hydrogen) atoms. The van der Waals surface area contributed by atoms with E-state index < -0.39 is 0 Å². The second-order valence-corrected chi connectivity index (χ2v) is 4.09. The van der Waals surface area contributed by atoms with Gasteiger partial charge in [-0.2, -0.15) is 0 Å². The molecule has 1 saturated heterocycles. The summed E-state index contributed by atoms with van der Waals surface area (Å²) in [5.74, 6) is 0.808. The van der Waals surface area contributed by atoms with Crippen molar-refractivity contribution in [2.75, 3.05) is 19.8 Å². The molecule has 1 aliphatic rings. The molecular weight excluding hydrogens is 164 g/mol. The molecule has 1 rings (SSSR count). The standard InChI is InChI=1S/C11H20O2/c1-4-5-6-11(7-12-8-11)9-13-10(2)3/h2,4-9H2,1,3H3. The van der Waals surface area contributed by atoms with Gasteiger partial charge < -0.3 is 9.47 Å². The SMILES string of the molecule is C=C(C)OCC1(CCCC)COC1. The van der Waals surface area contributed by atoms with Crippen LogP contribution in [0.15, 0.2) is 12.3 Å². The van der Waals surface area contributed by atoms with Gasteiger partial charge >= 0.3 is 0 Å². The highest BCUT2D eigenvalue weighted by Gasteiger charge is 2.38. The van der Waals surface area contributed by atoms with Crippen molar-refractivity contribution in [2.24, 2.45) is 5.41 Å². The van der Waals surface area contributed by atoms with Gasteiger partial charge in [-0.1, -0.05) is 26.3 Å². The van der Waals surface area contributed by atoms with E-state index in [1.165, 1.54) is 19.3 Å². The van der Waals surface area contributed by atoms with Gasteiger partial charge in [-0.05, 0) is 13.3 Å². The smallest absolute Gasteiger partial charge is 0.0977 e. The van der Waals surface area contributed by atoms with Gasteiger partial charge in [0.1, 0.15) is 0 Å². The van der Waals surface area contributed by atoms with Crippen molar-refractivity contribution in [3.8, 4) is 0 Å². The minimum atomic E-state index is 0.301. The van der Waals surface area contributed by atoms with Gasteiger partial charge in [0, 0.05) is 0 Å². The van der Waals surface area contributed by atoms with Crippen LogP contribution in [0.5, 0.6) is 0 Å². The van der Waals surface area contributed by atoms with Crippen LogP contribution < -0.4 is 0 Å². The van der Waals surface area contributed by atoms with Gasteiger partial charge in [0.05, 0.1) is 31.0 Å². The van der Waals surface area contributed by atoms with E-state index in [2.05, 4.69) is 13.5 Å². The fraction of sp³-hybridized carbons (Fsp3) is 0.818. The van der Waals surface area contributed by atoms with Crippen LogP contribution in [-0.4, -0.2) is 19.8 Å². The van der Waals surface area contributed by atoms with Crippen LogP contribution in [0.1, 0.15) is 33.1 Å². The molecule has 2 heteroatoms. The average Bonchev–Trinajstić information content (AvgIpc) is 2.02. The summed E-state index contributed by atoms with van der Waals surface area (Å²) < 4.78 is 10.7. The first-order valence-electron chi connectivity index (χ1n) is 5.05. The Morgan fingerprint density at radius 3 is 2.62 bits per heavy atom. The predicted molar refractivity (Wildman–Crippen MR) is 53.5 cm³/mol. The molecule has 0 aliphatic carbocycles. The lowest BCUT2D eigenvalue weighted by Gasteiger charge is -2.41. The lowest BCUT2D eigenvalue weighted by Crippen LogP contribution is -2.46. The summed E-state index contributed by atoms with van der Waals surface area (Å²) >= 11 is 0. The zero-order valence-electron chi connectivity index (χ0n) is 8.77. The zero-order valence-corrected chi connectivity index (χ0v) is 8.77. The quantitative estimate of drug-likeness (QED) is 0.591. The van der Waals surface area contributed by atoms with Crippen LogP contribution in [0.3, 0.4) is 0 Å². The number of hydrogen-bond donors (Lipinski definition) is 0. The van der Waals surface area contributed by atoms with Crippen molar-refractivity contribution in [1.29, 1.82) is 0 Å². The summed E-state index contributed by atoms with van der Waals surface area (Å²) in [6.45, 7) is 10.3. The third kappa shape index (κ3) is 3.03. The van der Waals surface area contributed by atoms with Crippen LogP contribution in [-0.2, 0) is 9.47 Å². The van der Waals surface area contributed by atoms with E-state index in [1.54, 1.807) is 0 Å². The first kappa shape index (κ1) is 10.6. The molecule has 0 radical (unpaired) electrons. The fourth-order valence-electron chi connectivity index (χ4n) is 1.52.